The van der Waals surface area contributed by atoms with E-state index in [9.17, 15) is 33.9 Å². The maximum Gasteiger partial charge on any atom is 0.315 e. The molecular weight excluding hydrogens is 414 g/mol. The van der Waals surface area contributed by atoms with Crippen LogP contribution in [0.2, 0.25) is 0 Å². The molecular formula is C16H23NO11S. The zero-order valence-corrected chi connectivity index (χ0v) is 17.3. The second-order valence-corrected chi connectivity index (χ2v) is 6.41. The van der Waals surface area contributed by atoms with E-state index in [1.807, 2.05) is 0 Å². The molecule has 0 spiro atoms. The summed E-state index contributed by atoms with van der Waals surface area (Å²) in [7, 11) is 0. The Hall–Kier alpha value is -2.67. The van der Waals surface area contributed by atoms with Crippen LogP contribution in [0.1, 0.15) is 34.6 Å². The summed E-state index contributed by atoms with van der Waals surface area (Å²) in [6.07, 6.45) is -5.18. The predicted octanol–water partition coefficient (Wildman–Crippen LogP) is -0.984. The third-order valence-corrected chi connectivity index (χ3v) is 3.68. The Kier molecular flexibility index (Phi) is 11.6. The highest BCUT2D eigenvalue weighted by Crippen LogP contribution is 2.20. The summed E-state index contributed by atoms with van der Waals surface area (Å²) in [5.41, 5.74) is 0. The van der Waals surface area contributed by atoms with Gasteiger partial charge in [-0.3, -0.25) is 28.8 Å². The number of hydrogen-bond acceptors (Lipinski definition) is 12. The molecule has 0 unspecified atom stereocenters. The maximum absolute atomic E-state index is 12.5. The van der Waals surface area contributed by atoms with Crippen LogP contribution in [0.25, 0.3) is 0 Å². The first-order valence-electron chi connectivity index (χ1n) is 8.17. The normalized spacial score (nSPS) is 14.4. The molecule has 0 aliphatic rings. The second-order valence-electron chi connectivity index (χ2n) is 5.67. The number of hydrogen-bond donors (Lipinski definition) is 2. The zero-order chi connectivity index (χ0) is 22.7. The first kappa shape index (κ1) is 26.3. The van der Waals surface area contributed by atoms with E-state index < -0.39 is 65.9 Å². The molecule has 29 heavy (non-hydrogen) atoms. The van der Waals surface area contributed by atoms with Crippen molar-refractivity contribution < 1.29 is 52.3 Å². The van der Waals surface area contributed by atoms with Gasteiger partial charge >= 0.3 is 23.9 Å². The molecule has 0 aliphatic carbocycles. The molecule has 0 heterocycles. The molecule has 0 radical (unpaired) electrons. The number of carbonyl (C=O) groups excluding carboxylic acids is 6. The summed E-state index contributed by atoms with van der Waals surface area (Å²) in [6, 6.07) is -1.68. The van der Waals surface area contributed by atoms with Crippen molar-refractivity contribution in [2.45, 2.75) is 59.0 Å². The average Bonchev–Trinajstić information content (AvgIpc) is 2.57. The molecule has 0 aromatic rings. The molecule has 0 aromatic carbocycles. The monoisotopic (exact) mass is 437 g/mol. The molecule has 0 bridgehead atoms. The Bertz CT molecular complexity index is 651. The fourth-order valence-corrected chi connectivity index (χ4v) is 2.51. The fourth-order valence-electron chi connectivity index (χ4n) is 2.02. The highest BCUT2D eigenvalue weighted by molar-refractivity contribution is 8.10. The topological polar surface area (TPSA) is 172 Å². The number of rotatable bonds is 9. The van der Waals surface area contributed by atoms with Crippen LogP contribution in [-0.4, -0.2) is 71.0 Å². The maximum atomic E-state index is 12.5. The lowest BCUT2D eigenvalue weighted by Gasteiger charge is -2.33. The van der Waals surface area contributed by atoms with Gasteiger partial charge in [-0.2, -0.15) is 0 Å². The lowest BCUT2D eigenvalue weighted by Crippen LogP contribution is -2.58. The number of aliphatic hydroxyl groups is 1. The van der Waals surface area contributed by atoms with Crippen molar-refractivity contribution in [2.75, 3.05) is 6.61 Å². The Labute approximate surface area is 170 Å². The van der Waals surface area contributed by atoms with Gasteiger partial charge in [0.15, 0.2) is 12.2 Å². The predicted molar refractivity (Wildman–Crippen MR) is 95.7 cm³/mol. The van der Waals surface area contributed by atoms with Crippen LogP contribution in [0, 0.1) is 0 Å². The van der Waals surface area contributed by atoms with Crippen molar-refractivity contribution in [2.24, 2.45) is 0 Å². The summed E-state index contributed by atoms with van der Waals surface area (Å²) < 4.78 is 19.2. The standard InChI is InChI=1S/C16H23NO11S/c1-7(18)17-13(16(24)29-28-11(5)22)15(27-10(4)21)14(26-9(3)20)12(23)6-25-8(2)19/h12-15,23H,6H2,1-5H3,(H,17,18)/t12-,13-,14-,15-/m1/s1. The molecule has 0 aromatic heterocycles. The average molecular weight is 437 g/mol. The van der Waals surface area contributed by atoms with Gasteiger partial charge in [0.2, 0.25) is 5.91 Å². The van der Waals surface area contributed by atoms with Crippen LogP contribution in [0.3, 0.4) is 0 Å². The van der Waals surface area contributed by atoms with Gasteiger partial charge in [-0.05, 0) is 0 Å². The SMILES string of the molecule is CC(=O)N[C@@H](C(=O)SOC(C)=O)[C@@H](OC(C)=O)[C@H](OC(C)=O)[C@H](O)COC(C)=O. The molecule has 0 rings (SSSR count). The molecule has 2 N–H and O–H groups in total. The number of carbonyl (C=O) groups is 6. The second kappa shape index (κ2) is 12.7. The van der Waals surface area contributed by atoms with E-state index in [4.69, 9.17) is 9.47 Å². The zero-order valence-electron chi connectivity index (χ0n) is 16.5. The van der Waals surface area contributed by atoms with Gasteiger partial charge in [-0.15, -0.1) is 0 Å². The molecule has 1 amide bonds. The minimum atomic E-state index is -1.73. The van der Waals surface area contributed by atoms with Gasteiger partial charge in [-0.1, -0.05) is 0 Å². The Balaban J connectivity index is 5.99. The van der Waals surface area contributed by atoms with E-state index in [-0.39, 0.29) is 12.0 Å². The van der Waals surface area contributed by atoms with Crippen LogP contribution < -0.4 is 5.32 Å². The van der Waals surface area contributed by atoms with Gasteiger partial charge in [0, 0.05) is 34.6 Å². The quantitative estimate of drug-likeness (QED) is 0.257. The Morgan fingerprint density at radius 1 is 0.828 bits per heavy atom. The van der Waals surface area contributed by atoms with Gasteiger partial charge in [-0.25, -0.2) is 0 Å². The van der Waals surface area contributed by atoms with Crippen LogP contribution in [0.5, 0.6) is 0 Å². The van der Waals surface area contributed by atoms with Gasteiger partial charge in [0.25, 0.3) is 5.12 Å². The number of esters is 3. The molecule has 0 fully saturated rings. The van der Waals surface area contributed by atoms with E-state index >= 15 is 0 Å². The number of ether oxygens (including phenoxy) is 3. The smallest absolute Gasteiger partial charge is 0.315 e. The molecule has 12 nitrogen and oxygen atoms in total. The Morgan fingerprint density at radius 2 is 1.34 bits per heavy atom. The van der Waals surface area contributed by atoms with E-state index in [1.165, 1.54) is 0 Å². The first-order chi connectivity index (χ1) is 13.3. The summed E-state index contributed by atoms with van der Waals surface area (Å²) in [6.45, 7) is 4.45. The van der Waals surface area contributed by atoms with Crippen molar-refractivity contribution in [3.63, 3.8) is 0 Å². The van der Waals surface area contributed by atoms with Gasteiger partial charge in [0.1, 0.15) is 30.8 Å². The largest absolute Gasteiger partial charge is 0.463 e. The van der Waals surface area contributed by atoms with Crippen LogP contribution in [0.4, 0.5) is 0 Å². The van der Waals surface area contributed by atoms with Crippen molar-refractivity contribution >= 4 is 46.9 Å². The molecule has 164 valence electrons. The van der Waals surface area contributed by atoms with Gasteiger partial charge < -0.3 is 28.8 Å². The number of amides is 1. The van der Waals surface area contributed by atoms with Gasteiger partial charge in [0.05, 0.1) is 0 Å². The summed E-state index contributed by atoms with van der Waals surface area (Å²) >= 11 is 0.0543. The highest BCUT2D eigenvalue weighted by atomic mass is 32.2. The van der Waals surface area contributed by atoms with Crippen molar-refractivity contribution in [3.05, 3.63) is 0 Å². The van der Waals surface area contributed by atoms with Crippen molar-refractivity contribution in [1.82, 2.24) is 5.32 Å². The minimum absolute atomic E-state index is 0.0543. The lowest BCUT2D eigenvalue weighted by molar-refractivity contribution is -0.183. The van der Waals surface area contributed by atoms with Crippen molar-refractivity contribution in [3.8, 4) is 0 Å². The third kappa shape index (κ3) is 11.0. The van der Waals surface area contributed by atoms with E-state index in [2.05, 4.69) is 14.2 Å². The van der Waals surface area contributed by atoms with E-state index in [0.29, 0.717) is 0 Å². The number of nitrogens with one attached hydrogen (secondary N) is 1. The summed E-state index contributed by atoms with van der Waals surface area (Å²) in [5.74, 6) is -4.17. The minimum Gasteiger partial charge on any atom is -0.463 e. The Morgan fingerprint density at radius 3 is 1.76 bits per heavy atom. The van der Waals surface area contributed by atoms with Crippen LogP contribution in [-0.2, 0) is 47.2 Å². The van der Waals surface area contributed by atoms with E-state index in [0.717, 1.165) is 34.6 Å². The van der Waals surface area contributed by atoms with Crippen LogP contribution >= 0.6 is 12.0 Å². The molecule has 4 atom stereocenters. The lowest BCUT2D eigenvalue weighted by atomic mass is 10.0. The van der Waals surface area contributed by atoms with Crippen molar-refractivity contribution in [1.29, 1.82) is 0 Å². The third-order valence-electron chi connectivity index (χ3n) is 2.95. The first-order valence-corrected chi connectivity index (χ1v) is 8.91. The highest BCUT2D eigenvalue weighted by Gasteiger charge is 2.44. The summed E-state index contributed by atoms with van der Waals surface area (Å²) in [5, 5.41) is 11.5. The van der Waals surface area contributed by atoms with E-state index in [1.54, 1.807) is 0 Å². The number of aliphatic hydroxyl groups excluding tert-OH is 1. The fraction of sp³-hybridized carbons (Fsp3) is 0.625. The molecule has 0 aliphatic heterocycles. The molecule has 0 saturated heterocycles. The molecule has 0 saturated carbocycles. The van der Waals surface area contributed by atoms with Crippen LogP contribution in [0.15, 0.2) is 0 Å². The molecule has 13 heteroatoms. The summed E-state index contributed by atoms with van der Waals surface area (Å²) in [4.78, 5) is 69.0.